The predicted octanol–water partition coefficient (Wildman–Crippen LogP) is 3.60. The second-order valence-corrected chi connectivity index (χ2v) is 7.36. The lowest BCUT2D eigenvalue weighted by Crippen LogP contribution is -2.11. The molecule has 1 rings (SSSR count). The van der Waals surface area contributed by atoms with E-state index < -0.39 is 15.9 Å². The summed E-state index contributed by atoms with van der Waals surface area (Å²) in [5, 5.41) is 10.1. The Hall–Kier alpha value is -0.650. The fraction of sp³-hybridized carbons (Fsp3) is 0.467. The number of unbranched alkanes of at least 4 members (excludes halogenated alkanes) is 1. The average molecular weight is 361 g/mol. The van der Waals surface area contributed by atoms with Gasteiger partial charge in [0.05, 0.1) is 15.9 Å². The van der Waals surface area contributed by atoms with Crippen LogP contribution in [0.3, 0.4) is 0 Å². The van der Waals surface area contributed by atoms with Gasteiger partial charge >= 0.3 is 0 Å². The highest BCUT2D eigenvalue weighted by Crippen LogP contribution is 2.22. The Morgan fingerprint density at radius 3 is 2.45 bits per heavy atom. The third-order valence-corrected chi connectivity index (χ3v) is 5.88. The van der Waals surface area contributed by atoms with Crippen LogP contribution >= 0.6 is 15.9 Å². The Labute approximate surface area is 129 Å². The van der Waals surface area contributed by atoms with Gasteiger partial charge in [0, 0.05) is 5.33 Å². The number of hydrogen-bond donors (Lipinski definition) is 1. The lowest BCUT2D eigenvalue weighted by atomic mass is 10.1. The monoisotopic (exact) mass is 360 g/mol. The number of halogens is 1. The Balaban J connectivity index is 3.03. The normalized spacial score (nSPS) is 14.3. The summed E-state index contributed by atoms with van der Waals surface area (Å²) < 4.78 is 24.9. The number of rotatable bonds is 7. The number of benzene rings is 1. The van der Waals surface area contributed by atoms with E-state index in [2.05, 4.69) is 15.9 Å². The summed E-state index contributed by atoms with van der Waals surface area (Å²) in [4.78, 5) is 0.474. The van der Waals surface area contributed by atoms with E-state index in [1.807, 2.05) is 13.8 Å². The Morgan fingerprint density at radius 1 is 1.35 bits per heavy atom. The van der Waals surface area contributed by atoms with E-state index in [1.54, 1.807) is 24.3 Å². The zero-order chi connectivity index (χ0) is 15.2. The van der Waals surface area contributed by atoms with Gasteiger partial charge in [-0.15, -0.1) is 0 Å². The van der Waals surface area contributed by atoms with Crippen LogP contribution in [0.4, 0.5) is 0 Å². The molecule has 1 aromatic rings. The molecule has 0 radical (unpaired) electrons. The summed E-state index contributed by atoms with van der Waals surface area (Å²) >= 11 is 3.20. The highest BCUT2D eigenvalue weighted by atomic mass is 79.9. The van der Waals surface area contributed by atoms with Crippen LogP contribution in [0, 0.1) is 6.92 Å². The minimum absolute atomic E-state index is 0.201. The third kappa shape index (κ3) is 4.72. The molecule has 0 heterocycles. The van der Waals surface area contributed by atoms with Crippen LogP contribution < -0.4 is 0 Å². The first-order chi connectivity index (χ1) is 9.41. The van der Waals surface area contributed by atoms with Crippen molar-refractivity contribution in [3.8, 4) is 0 Å². The molecule has 0 aliphatic rings. The van der Waals surface area contributed by atoms with E-state index in [0.29, 0.717) is 6.42 Å². The minimum atomic E-state index is -3.53. The molecular formula is C15H21BrO3S. The van der Waals surface area contributed by atoms with Gasteiger partial charge in [-0.2, -0.15) is 0 Å². The lowest BCUT2D eigenvalue weighted by Gasteiger charge is -2.10. The molecule has 3 nitrogen and oxygen atoms in total. The van der Waals surface area contributed by atoms with Gasteiger partial charge in [-0.05, 0) is 31.6 Å². The molecule has 0 aliphatic heterocycles. The van der Waals surface area contributed by atoms with Gasteiger partial charge in [-0.3, -0.25) is 0 Å². The molecular weight excluding hydrogens is 340 g/mol. The smallest absolute Gasteiger partial charge is 0.203 e. The largest absolute Gasteiger partial charge is 0.389 e. The molecule has 0 spiro atoms. The Kier molecular flexibility index (Phi) is 6.92. The van der Waals surface area contributed by atoms with Crippen LogP contribution in [-0.2, 0) is 9.84 Å². The maximum atomic E-state index is 12.5. The van der Waals surface area contributed by atoms with Crippen molar-refractivity contribution in [1.82, 2.24) is 0 Å². The first-order valence-electron chi connectivity index (χ1n) is 6.68. The highest BCUT2D eigenvalue weighted by molar-refractivity contribution is 9.09. The van der Waals surface area contributed by atoms with Crippen LogP contribution in [0.15, 0.2) is 40.1 Å². The molecule has 112 valence electrons. The zero-order valence-corrected chi connectivity index (χ0v) is 14.2. The van der Waals surface area contributed by atoms with Gasteiger partial charge in [0.2, 0.25) is 9.84 Å². The third-order valence-electron chi connectivity index (χ3n) is 3.04. The molecule has 0 aliphatic carbocycles. The van der Waals surface area contributed by atoms with Gasteiger partial charge < -0.3 is 5.11 Å². The van der Waals surface area contributed by atoms with Crippen molar-refractivity contribution >= 4 is 25.8 Å². The van der Waals surface area contributed by atoms with Gasteiger partial charge in [-0.1, -0.05) is 53.4 Å². The van der Waals surface area contributed by atoms with Gasteiger partial charge in [0.15, 0.2) is 0 Å². The molecule has 1 unspecified atom stereocenters. The van der Waals surface area contributed by atoms with Crippen LogP contribution in [0.25, 0.3) is 0 Å². The van der Waals surface area contributed by atoms with Gasteiger partial charge in [0.25, 0.3) is 0 Å². The fourth-order valence-corrected chi connectivity index (χ4v) is 4.15. The van der Waals surface area contributed by atoms with E-state index >= 15 is 0 Å². The van der Waals surface area contributed by atoms with Crippen molar-refractivity contribution < 1.29 is 13.5 Å². The number of aliphatic hydroxyl groups is 1. The molecule has 0 aromatic heterocycles. The molecule has 0 bridgehead atoms. The van der Waals surface area contributed by atoms with Crippen LogP contribution in [0.2, 0.25) is 0 Å². The van der Waals surface area contributed by atoms with E-state index in [4.69, 9.17) is 0 Å². The highest BCUT2D eigenvalue weighted by Gasteiger charge is 2.20. The van der Waals surface area contributed by atoms with Gasteiger partial charge in [-0.25, -0.2) is 8.42 Å². The summed E-state index contributed by atoms with van der Waals surface area (Å²) in [6.07, 6.45) is 3.15. The summed E-state index contributed by atoms with van der Waals surface area (Å²) in [7, 11) is -3.53. The number of sulfone groups is 1. The van der Waals surface area contributed by atoms with Crippen LogP contribution in [0.1, 0.15) is 31.7 Å². The van der Waals surface area contributed by atoms with Crippen molar-refractivity contribution in [2.24, 2.45) is 0 Å². The van der Waals surface area contributed by atoms with E-state index in [-0.39, 0.29) is 15.1 Å². The maximum Gasteiger partial charge on any atom is 0.203 e. The van der Waals surface area contributed by atoms with Crippen LogP contribution in [0.5, 0.6) is 0 Å². The standard InChI is InChI=1S/C15H21BrO3S/c1-3-4-5-13(17)10-15(11-16)20(18,19)14-8-6-12(2)7-9-14/h6-10,13,17H,3-5,11H2,1-2H3/b15-10+. The average Bonchev–Trinajstić information content (AvgIpc) is 2.42. The van der Waals surface area contributed by atoms with Crippen molar-refractivity contribution in [3.05, 3.63) is 40.8 Å². The van der Waals surface area contributed by atoms with Gasteiger partial charge in [0.1, 0.15) is 0 Å². The van der Waals surface area contributed by atoms with E-state index in [0.717, 1.165) is 18.4 Å². The molecule has 0 saturated heterocycles. The van der Waals surface area contributed by atoms with Crippen molar-refractivity contribution in [3.63, 3.8) is 0 Å². The predicted molar refractivity (Wildman–Crippen MR) is 85.8 cm³/mol. The second kappa shape index (κ2) is 7.96. The Morgan fingerprint density at radius 2 is 1.95 bits per heavy atom. The zero-order valence-electron chi connectivity index (χ0n) is 11.8. The van der Waals surface area contributed by atoms with E-state index in [1.165, 1.54) is 6.08 Å². The number of aryl methyl sites for hydroxylation is 1. The molecule has 0 fully saturated rings. The van der Waals surface area contributed by atoms with Crippen molar-refractivity contribution in [2.75, 3.05) is 5.33 Å². The summed E-state index contributed by atoms with van der Waals surface area (Å²) in [6, 6.07) is 6.73. The fourth-order valence-electron chi connectivity index (χ4n) is 1.79. The number of hydrogen-bond acceptors (Lipinski definition) is 3. The lowest BCUT2D eigenvalue weighted by molar-refractivity contribution is 0.208. The molecule has 1 N–H and O–H groups in total. The summed E-state index contributed by atoms with van der Waals surface area (Å²) in [5.41, 5.74) is 1.01. The molecule has 20 heavy (non-hydrogen) atoms. The van der Waals surface area contributed by atoms with Crippen LogP contribution in [-0.4, -0.2) is 25.0 Å². The molecule has 1 atom stereocenters. The molecule has 0 amide bonds. The summed E-state index contributed by atoms with van der Waals surface area (Å²) in [6.45, 7) is 3.94. The molecule has 0 saturated carbocycles. The number of alkyl halides is 1. The first-order valence-corrected chi connectivity index (χ1v) is 9.28. The first kappa shape index (κ1) is 17.4. The maximum absolute atomic E-state index is 12.5. The Bertz CT molecular complexity index is 547. The number of aliphatic hydroxyl groups excluding tert-OH is 1. The van der Waals surface area contributed by atoms with Crippen molar-refractivity contribution in [2.45, 2.75) is 44.1 Å². The van der Waals surface area contributed by atoms with E-state index in [9.17, 15) is 13.5 Å². The quantitative estimate of drug-likeness (QED) is 0.755. The minimum Gasteiger partial charge on any atom is -0.389 e. The SMILES string of the molecule is CCCCC(O)/C=C(\CBr)S(=O)(=O)c1ccc(C)cc1. The second-order valence-electron chi connectivity index (χ2n) is 4.79. The topological polar surface area (TPSA) is 54.4 Å². The number of allylic oxidation sites excluding steroid dienone is 1. The summed E-state index contributed by atoms with van der Waals surface area (Å²) in [5.74, 6) is 0. The molecule has 1 aromatic carbocycles. The van der Waals surface area contributed by atoms with Crippen molar-refractivity contribution in [1.29, 1.82) is 0 Å². The molecule has 5 heteroatoms.